The van der Waals surface area contributed by atoms with Crippen LogP contribution >= 0.6 is 0 Å². The molecule has 1 aliphatic heterocycles. The molecule has 0 saturated carbocycles. The standard InChI is InChI=1S/C15H17N3O2/c1-2-6-18-10-17-14(15(18)16)11-4-5-12-13(9-11)20-8-3-7-19-12/h2,4-5,9-10H,1,3,6-8,16H2. The van der Waals surface area contributed by atoms with E-state index in [9.17, 15) is 0 Å². The maximum absolute atomic E-state index is 6.11. The van der Waals surface area contributed by atoms with E-state index in [4.69, 9.17) is 15.2 Å². The van der Waals surface area contributed by atoms with Crippen molar-refractivity contribution in [2.24, 2.45) is 0 Å². The van der Waals surface area contributed by atoms with Crippen LogP contribution < -0.4 is 15.2 Å². The van der Waals surface area contributed by atoms with Crippen molar-refractivity contribution in [1.29, 1.82) is 0 Å². The molecule has 1 aromatic heterocycles. The van der Waals surface area contributed by atoms with E-state index in [1.54, 1.807) is 12.4 Å². The number of allylic oxidation sites excluding steroid dienone is 1. The first kappa shape index (κ1) is 12.6. The van der Waals surface area contributed by atoms with Crippen LogP contribution in [0.15, 0.2) is 37.2 Å². The Morgan fingerprint density at radius 1 is 1.30 bits per heavy atom. The van der Waals surface area contributed by atoms with Gasteiger partial charge in [0.05, 0.1) is 19.5 Å². The van der Waals surface area contributed by atoms with E-state index >= 15 is 0 Å². The number of rotatable bonds is 3. The lowest BCUT2D eigenvalue weighted by molar-refractivity contribution is 0.297. The first-order valence-electron chi connectivity index (χ1n) is 6.61. The van der Waals surface area contributed by atoms with Crippen LogP contribution in [0.25, 0.3) is 11.3 Å². The normalized spacial score (nSPS) is 13.8. The minimum atomic E-state index is 0.624. The Hall–Kier alpha value is -2.43. The van der Waals surface area contributed by atoms with Crippen molar-refractivity contribution < 1.29 is 9.47 Å². The molecule has 1 aromatic carbocycles. The molecule has 0 spiro atoms. The van der Waals surface area contributed by atoms with Crippen molar-refractivity contribution in [3.63, 3.8) is 0 Å². The maximum atomic E-state index is 6.11. The molecule has 20 heavy (non-hydrogen) atoms. The van der Waals surface area contributed by atoms with Gasteiger partial charge in [0, 0.05) is 18.5 Å². The predicted octanol–water partition coefficient (Wildman–Crippen LogP) is 2.48. The zero-order chi connectivity index (χ0) is 13.9. The summed E-state index contributed by atoms with van der Waals surface area (Å²) in [5.74, 6) is 2.15. The van der Waals surface area contributed by atoms with Crippen LogP contribution in [-0.4, -0.2) is 22.8 Å². The van der Waals surface area contributed by atoms with E-state index in [1.165, 1.54) is 0 Å². The lowest BCUT2D eigenvalue weighted by Gasteiger charge is -2.09. The summed E-state index contributed by atoms with van der Waals surface area (Å²) in [5, 5.41) is 0. The van der Waals surface area contributed by atoms with Crippen molar-refractivity contribution in [2.75, 3.05) is 18.9 Å². The number of anilines is 1. The summed E-state index contributed by atoms with van der Waals surface area (Å²) in [7, 11) is 0. The van der Waals surface area contributed by atoms with Crippen molar-refractivity contribution in [1.82, 2.24) is 9.55 Å². The van der Waals surface area contributed by atoms with Crippen LogP contribution in [0.4, 0.5) is 5.82 Å². The summed E-state index contributed by atoms with van der Waals surface area (Å²) in [4.78, 5) is 4.37. The number of nitrogens with two attached hydrogens (primary N) is 1. The van der Waals surface area contributed by atoms with Crippen molar-refractivity contribution in [3.8, 4) is 22.8 Å². The number of fused-ring (bicyclic) bond motifs is 1. The zero-order valence-corrected chi connectivity index (χ0v) is 11.2. The van der Waals surface area contributed by atoms with E-state index in [2.05, 4.69) is 11.6 Å². The van der Waals surface area contributed by atoms with Crippen molar-refractivity contribution in [2.45, 2.75) is 13.0 Å². The number of imidazole rings is 1. The van der Waals surface area contributed by atoms with Gasteiger partial charge in [0.15, 0.2) is 11.5 Å². The molecule has 0 aliphatic carbocycles. The molecule has 0 bridgehead atoms. The third kappa shape index (κ3) is 2.22. The van der Waals surface area contributed by atoms with Crippen LogP contribution in [0, 0.1) is 0 Å². The Labute approximate surface area is 117 Å². The second-order valence-corrected chi connectivity index (χ2v) is 4.63. The fraction of sp³-hybridized carbons (Fsp3) is 0.267. The first-order valence-corrected chi connectivity index (χ1v) is 6.61. The minimum absolute atomic E-state index is 0.624. The lowest BCUT2D eigenvalue weighted by Crippen LogP contribution is -2.00. The van der Waals surface area contributed by atoms with E-state index in [-0.39, 0.29) is 0 Å². The smallest absolute Gasteiger partial charge is 0.161 e. The zero-order valence-electron chi connectivity index (χ0n) is 11.2. The van der Waals surface area contributed by atoms with Gasteiger partial charge < -0.3 is 19.8 Å². The Kier molecular flexibility index (Phi) is 3.33. The molecule has 5 heteroatoms. The van der Waals surface area contributed by atoms with Gasteiger partial charge in [-0.15, -0.1) is 6.58 Å². The Bertz CT molecular complexity index is 634. The summed E-state index contributed by atoms with van der Waals surface area (Å²) in [6.45, 7) is 5.70. The average Bonchev–Trinajstić information content (AvgIpc) is 2.69. The highest BCUT2D eigenvalue weighted by atomic mass is 16.5. The topological polar surface area (TPSA) is 62.3 Å². The molecule has 0 fully saturated rings. The van der Waals surface area contributed by atoms with E-state index < -0.39 is 0 Å². The highest BCUT2D eigenvalue weighted by molar-refractivity contribution is 5.72. The molecular weight excluding hydrogens is 254 g/mol. The molecule has 0 radical (unpaired) electrons. The number of hydrogen-bond donors (Lipinski definition) is 1. The summed E-state index contributed by atoms with van der Waals surface area (Å²) in [6, 6.07) is 5.78. The maximum Gasteiger partial charge on any atom is 0.161 e. The van der Waals surface area contributed by atoms with Gasteiger partial charge in [-0.2, -0.15) is 0 Å². The number of hydrogen-bond acceptors (Lipinski definition) is 4. The first-order chi connectivity index (χ1) is 9.79. The molecule has 0 atom stereocenters. The Morgan fingerprint density at radius 3 is 2.90 bits per heavy atom. The van der Waals surface area contributed by atoms with Crippen molar-refractivity contribution >= 4 is 5.82 Å². The van der Waals surface area contributed by atoms with Crippen LogP contribution in [0.5, 0.6) is 11.5 Å². The van der Waals surface area contributed by atoms with Gasteiger partial charge in [0.25, 0.3) is 0 Å². The average molecular weight is 271 g/mol. The summed E-state index contributed by atoms with van der Waals surface area (Å²) >= 11 is 0. The third-order valence-corrected chi connectivity index (χ3v) is 3.23. The molecule has 5 nitrogen and oxygen atoms in total. The quantitative estimate of drug-likeness (QED) is 0.871. The summed E-state index contributed by atoms with van der Waals surface area (Å²) in [5.41, 5.74) is 7.79. The summed E-state index contributed by atoms with van der Waals surface area (Å²) in [6.07, 6.45) is 4.39. The number of benzene rings is 1. The molecule has 0 saturated heterocycles. The molecule has 2 N–H and O–H groups in total. The second-order valence-electron chi connectivity index (χ2n) is 4.63. The molecule has 1 aliphatic rings. The Balaban J connectivity index is 1.98. The predicted molar refractivity (Wildman–Crippen MR) is 77.9 cm³/mol. The number of nitrogens with zero attached hydrogens (tertiary/aromatic N) is 2. The monoisotopic (exact) mass is 271 g/mol. The number of ether oxygens (including phenoxy) is 2. The lowest BCUT2D eigenvalue weighted by atomic mass is 10.1. The van der Waals surface area contributed by atoms with E-state index in [0.717, 1.165) is 29.2 Å². The Morgan fingerprint density at radius 2 is 2.10 bits per heavy atom. The van der Waals surface area contributed by atoms with Gasteiger partial charge in [0.2, 0.25) is 0 Å². The van der Waals surface area contributed by atoms with E-state index in [0.29, 0.717) is 25.6 Å². The van der Waals surface area contributed by atoms with Crippen LogP contribution in [0.1, 0.15) is 6.42 Å². The second kappa shape index (κ2) is 5.28. The van der Waals surface area contributed by atoms with Crippen LogP contribution in [-0.2, 0) is 6.54 Å². The molecule has 2 heterocycles. The molecule has 0 unspecified atom stereocenters. The number of nitrogen functional groups attached to an aromatic ring is 1. The summed E-state index contributed by atoms with van der Waals surface area (Å²) < 4.78 is 13.2. The third-order valence-electron chi connectivity index (χ3n) is 3.23. The van der Waals surface area contributed by atoms with Gasteiger partial charge in [-0.3, -0.25) is 0 Å². The highest BCUT2D eigenvalue weighted by Gasteiger charge is 2.14. The van der Waals surface area contributed by atoms with Crippen LogP contribution in [0.2, 0.25) is 0 Å². The fourth-order valence-corrected chi connectivity index (χ4v) is 2.21. The van der Waals surface area contributed by atoms with Crippen molar-refractivity contribution in [3.05, 3.63) is 37.2 Å². The van der Waals surface area contributed by atoms with Gasteiger partial charge >= 0.3 is 0 Å². The fourth-order valence-electron chi connectivity index (χ4n) is 2.21. The molecule has 0 amide bonds. The molecular formula is C15H17N3O2. The van der Waals surface area contributed by atoms with Gasteiger partial charge in [-0.1, -0.05) is 6.08 Å². The highest BCUT2D eigenvalue weighted by Crippen LogP contribution is 2.35. The molecule has 2 aromatic rings. The van der Waals surface area contributed by atoms with Crippen LogP contribution in [0.3, 0.4) is 0 Å². The van der Waals surface area contributed by atoms with Gasteiger partial charge in [-0.25, -0.2) is 4.98 Å². The SMILES string of the molecule is C=CCn1cnc(-c2ccc3c(c2)OCCCO3)c1N. The molecule has 3 rings (SSSR count). The van der Waals surface area contributed by atoms with Gasteiger partial charge in [-0.05, 0) is 18.2 Å². The minimum Gasteiger partial charge on any atom is -0.490 e. The largest absolute Gasteiger partial charge is 0.490 e. The number of aromatic nitrogens is 2. The van der Waals surface area contributed by atoms with E-state index in [1.807, 2.05) is 22.8 Å². The molecule has 104 valence electrons. The van der Waals surface area contributed by atoms with Gasteiger partial charge in [0.1, 0.15) is 11.5 Å².